The van der Waals surface area contributed by atoms with Gasteiger partial charge in [-0.2, -0.15) is 0 Å². The summed E-state index contributed by atoms with van der Waals surface area (Å²) in [5.74, 6) is -0.113. The van der Waals surface area contributed by atoms with Crippen LogP contribution < -0.4 is 5.32 Å². The molecular formula is C20H28N2O3. The van der Waals surface area contributed by atoms with Crippen LogP contribution in [0.5, 0.6) is 0 Å². The highest BCUT2D eigenvalue weighted by Crippen LogP contribution is 2.26. The second kappa shape index (κ2) is 8.13. The van der Waals surface area contributed by atoms with E-state index in [1.807, 2.05) is 25.1 Å². The number of β-amino-alcohol motifs (C(OH)–C–C–N with tert-alkyl or cyclic N) is 1. The normalized spacial score (nSPS) is 29.7. The Morgan fingerprint density at radius 3 is 2.88 bits per heavy atom. The van der Waals surface area contributed by atoms with Crippen molar-refractivity contribution in [2.75, 3.05) is 19.7 Å². The monoisotopic (exact) mass is 344 g/mol. The molecule has 5 heteroatoms. The number of nitrogens with one attached hydrogen (secondary N) is 1. The smallest absolute Gasteiger partial charge is 0.226 e. The molecule has 1 amide bonds. The molecule has 2 fully saturated rings. The van der Waals surface area contributed by atoms with Crippen LogP contribution in [0.15, 0.2) is 42.5 Å². The topological polar surface area (TPSA) is 61.8 Å². The summed E-state index contributed by atoms with van der Waals surface area (Å²) in [4.78, 5) is 14.8. The summed E-state index contributed by atoms with van der Waals surface area (Å²) in [5.41, 5.74) is 2.12. The molecule has 0 aliphatic carbocycles. The van der Waals surface area contributed by atoms with Gasteiger partial charge >= 0.3 is 0 Å². The summed E-state index contributed by atoms with van der Waals surface area (Å²) in [6.07, 6.45) is 0.931. The van der Waals surface area contributed by atoms with Gasteiger partial charge in [0.05, 0.1) is 18.1 Å². The Labute approximate surface area is 149 Å². The van der Waals surface area contributed by atoms with E-state index in [1.54, 1.807) is 0 Å². The molecule has 2 heterocycles. The van der Waals surface area contributed by atoms with Crippen molar-refractivity contribution in [3.8, 4) is 0 Å². The zero-order valence-corrected chi connectivity index (χ0v) is 14.9. The molecular weight excluding hydrogens is 316 g/mol. The fourth-order valence-electron chi connectivity index (χ4n) is 3.87. The average molecular weight is 344 g/mol. The van der Waals surface area contributed by atoms with Crippen molar-refractivity contribution < 1.29 is 14.6 Å². The third kappa shape index (κ3) is 4.48. The Balaban J connectivity index is 1.55. The lowest BCUT2D eigenvalue weighted by Gasteiger charge is -2.25. The predicted octanol–water partition coefficient (Wildman–Crippen LogP) is 1.72. The zero-order valence-electron chi connectivity index (χ0n) is 14.9. The third-order valence-corrected chi connectivity index (χ3v) is 5.16. The number of ether oxygens (including phenoxy) is 1. The van der Waals surface area contributed by atoms with Crippen molar-refractivity contribution in [2.45, 2.75) is 44.6 Å². The molecule has 0 aromatic heterocycles. The van der Waals surface area contributed by atoms with Gasteiger partial charge < -0.3 is 15.2 Å². The maximum atomic E-state index is 12.6. The number of benzene rings is 1. The van der Waals surface area contributed by atoms with Crippen LogP contribution in [-0.2, 0) is 16.1 Å². The molecule has 2 saturated heterocycles. The number of carbonyl (C=O) groups excluding carboxylic acids is 1. The van der Waals surface area contributed by atoms with Gasteiger partial charge in [0, 0.05) is 32.3 Å². The van der Waals surface area contributed by atoms with Gasteiger partial charge in [0.25, 0.3) is 0 Å². The average Bonchev–Trinajstić information content (AvgIpc) is 3.20. The number of aliphatic hydroxyl groups excluding tert-OH is 1. The van der Waals surface area contributed by atoms with E-state index in [4.69, 9.17) is 4.74 Å². The number of amides is 1. The van der Waals surface area contributed by atoms with E-state index in [0.29, 0.717) is 26.1 Å². The van der Waals surface area contributed by atoms with Crippen LogP contribution in [0.1, 0.15) is 25.3 Å². The van der Waals surface area contributed by atoms with E-state index in [-0.39, 0.29) is 30.1 Å². The van der Waals surface area contributed by atoms with E-state index in [1.165, 1.54) is 5.56 Å². The molecule has 2 aliphatic rings. The lowest BCUT2D eigenvalue weighted by Crippen LogP contribution is -2.43. The third-order valence-electron chi connectivity index (χ3n) is 5.16. The Kier molecular flexibility index (Phi) is 5.89. The van der Waals surface area contributed by atoms with Crippen LogP contribution in [0.2, 0.25) is 0 Å². The molecule has 1 aromatic carbocycles. The molecule has 4 atom stereocenters. The minimum absolute atomic E-state index is 0.0338. The number of likely N-dealkylation sites (tertiary alicyclic amines) is 1. The summed E-state index contributed by atoms with van der Waals surface area (Å²) in [7, 11) is 0. The number of hydrogen-bond acceptors (Lipinski definition) is 4. The summed E-state index contributed by atoms with van der Waals surface area (Å²) in [6, 6.07) is 10.4. The molecule has 0 bridgehead atoms. The van der Waals surface area contributed by atoms with Gasteiger partial charge in [0.1, 0.15) is 0 Å². The first kappa shape index (κ1) is 18.1. The number of aliphatic hydroxyl groups is 1. The molecule has 2 aliphatic heterocycles. The van der Waals surface area contributed by atoms with Gasteiger partial charge in [-0.25, -0.2) is 0 Å². The molecule has 0 unspecified atom stereocenters. The first-order chi connectivity index (χ1) is 12.0. The van der Waals surface area contributed by atoms with Crippen molar-refractivity contribution >= 4 is 5.91 Å². The van der Waals surface area contributed by atoms with Gasteiger partial charge in [-0.15, -0.1) is 0 Å². The van der Waals surface area contributed by atoms with Crippen LogP contribution in [0.3, 0.4) is 0 Å². The van der Waals surface area contributed by atoms with Crippen LogP contribution in [0.4, 0.5) is 0 Å². The fourth-order valence-corrected chi connectivity index (χ4v) is 3.87. The Bertz CT molecular complexity index is 604. The number of carbonyl (C=O) groups is 1. The number of rotatable bonds is 6. The zero-order chi connectivity index (χ0) is 17.8. The largest absolute Gasteiger partial charge is 0.392 e. The van der Waals surface area contributed by atoms with E-state index >= 15 is 0 Å². The van der Waals surface area contributed by atoms with Crippen molar-refractivity contribution in [1.29, 1.82) is 0 Å². The molecule has 5 nitrogen and oxygen atoms in total. The maximum absolute atomic E-state index is 12.6. The Morgan fingerprint density at radius 2 is 2.16 bits per heavy atom. The highest BCUT2D eigenvalue weighted by Gasteiger charge is 2.36. The van der Waals surface area contributed by atoms with Crippen LogP contribution >= 0.6 is 0 Å². The van der Waals surface area contributed by atoms with E-state index in [0.717, 1.165) is 18.5 Å². The van der Waals surface area contributed by atoms with Gasteiger partial charge in [-0.05, 0) is 25.3 Å². The Hall–Kier alpha value is -1.69. The maximum Gasteiger partial charge on any atom is 0.226 e. The minimum Gasteiger partial charge on any atom is -0.392 e. The molecule has 2 N–H and O–H groups in total. The highest BCUT2D eigenvalue weighted by molar-refractivity contribution is 5.80. The minimum atomic E-state index is -0.330. The summed E-state index contributed by atoms with van der Waals surface area (Å²) in [6.45, 7) is 8.44. The van der Waals surface area contributed by atoms with E-state index in [9.17, 15) is 9.90 Å². The standard InChI is InChI=1S/C20H28N2O3/c1-14(2)19-18(8-9-25-19)20(24)21-11-16-10-17(23)13-22(16)12-15-6-4-3-5-7-15/h3-7,16-19,23H,1,8-13H2,2H3,(H,21,24)/t16-,17+,18-,19-/m1/s1. The first-order valence-corrected chi connectivity index (χ1v) is 9.05. The lowest BCUT2D eigenvalue weighted by molar-refractivity contribution is -0.126. The van der Waals surface area contributed by atoms with Crippen molar-refractivity contribution in [3.05, 3.63) is 48.0 Å². The molecule has 3 rings (SSSR count). The first-order valence-electron chi connectivity index (χ1n) is 9.05. The van der Waals surface area contributed by atoms with Gasteiger partial charge in [-0.1, -0.05) is 42.5 Å². The summed E-state index contributed by atoms with van der Waals surface area (Å²) >= 11 is 0. The second-order valence-electron chi connectivity index (χ2n) is 7.24. The van der Waals surface area contributed by atoms with Crippen LogP contribution in [-0.4, -0.2) is 53.9 Å². The van der Waals surface area contributed by atoms with Gasteiger partial charge in [-0.3, -0.25) is 9.69 Å². The number of hydrogen-bond donors (Lipinski definition) is 2. The van der Waals surface area contributed by atoms with Gasteiger partial charge in [0.2, 0.25) is 5.91 Å². The molecule has 25 heavy (non-hydrogen) atoms. The quantitative estimate of drug-likeness (QED) is 0.772. The van der Waals surface area contributed by atoms with E-state index in [2.05, 4.69) is 28.9 Å². The summed E-state index contributed by atoms with van der Waals surface area (Å²) in [5, 5.41) is 13.1. The molecule has 0 spiro atoms. The van der Waals surface area contributed by atoms with E-state index < -0.39 is 0 Å². The SMILES string of the molecule is C=C(C)[C@H]1OCC[C@H]1C(=O)NC[C@H]1C[C@H](O)CN1Cc1ccccc1. The lowest BCUT2D eigenvalue weighted by atomic mass is 9.96. The van der Waals surface area contributed by atoms with Gasteiger partial charge in [0.15, 0.2) is 0 Å². The van der Waals surface area contributed by atoms with Crippen LogP contribution in [0.25, 0.3) is 0 Å². The number of nitrogens with zero attached hydrogens (tertiary/aromatic N) is 1. The fraction of sp³-hybridized carbons (Fsp3) is 0.550. The summed E-state index contributed by atoms with van der Waals surface area (Å²) < 4.78 is 5.63. The molecule has 1 aromatic rings. The molecule has 0 radical (unpaired) electrons. The predicted molar refractivity (Wildman–Crippen MR) is 96.9 cm³/mol. The van der Waals surface area contributed by atoms with Crippen molar-refractivity contribution in [1.82, 2.24) is 10.2 Å². The van der Waals surface area contributed by atoms with Crippen molar-refractivity contribution in [3.63, 3.8) is 0 Å². The molecule has 0 saturated carbocycles. The highest BCUT2D eigenvalue weighted by atomic mass is 16.5. The second-order valence-corrected chi connectivity index (χ2v) is 7.24. The molecule has 136 valence electrons. The van der Waals surface area contributed by atoms with Crippen molar-refractivity contribution in [2.24, 2.45) is 5.92 Å². The van der Waals surface area contributed by atoms with Crippen LogP contribution in [0, 0.1) is 5.92 Å². The Morgan fingerprint density at radius 1 is 1.40 bits per heavy atom.